The normalized spacial score (nSPS) is 18.7. The van der Waals surface area contributed by atoms with Crippen molar-refractivity contribution < 1.29 is 9.53 Å². The van der Waals surface area contributed by atoms with Crippen molar-refractivity contribution in [2.45, 2.75) is 13.8 Å². The lowest BCUT2D eigenvalue weighted by Gasteiger charge is -2.27. The van der Waals surface area contributed by atoms with Gasteiger partial charge in [0, 0.05) is 18.1 Å². The van der Waals surface area contributed by atoms with E-state index < -0.39 is 0 Å². The first-order valence-corrected chi connectivity index (χ1v) is 8.04. The van der Waals surface area contributed by atoms with E-state index in [1.807, 2.05) is 21.7 Å². The molecule has 0 saturated carbocycles. The standard InChI is InChI=1S/C17H20BN5O2/c1-10-7-12(18)8-11(2)14(10)20-9-13-15(19)21-17(22-16(13)24)23-3-5-25-6-4-23/h3,5,7-9,20H,4,6,18H2,1-2H3,(H2,19,21,22,24)/b13-9+. The van der Waals surface area contributed by atoms with Gasteiger partial charge in [0.1, 0.15) is 14.5 Å². The Labute approximate surface area is 147 Å². The van der Waals surface area contributed by atoms with Crippen molar-refractivity contribution in [2.24, 2.45) is 4.99 Å². The molecule has 1 amide bonds. The molecule has 8 heteroatoms. The van der Waals surface area contributed by atoms with Gasteiger partial charge in [-0.05, 0) is 25.0 Å². The number of amidine groups is 1. The number of anilines is 1. The van der Waals surface area contributed by atoms with Crippen LogP contribution >= 0.6 is 0 Å². The summed E-state index contributed by atoms with van der Waals surface area (Å²) < 4.78 is 5.12. The Morgan fingerprint density at radius 1 is 1.40 bits per heavy atom. The number of aryl methyl sites for hydroxylation is 2. The molecule has 0 aliphatic carbocycles. The molecule has 1 aromatic carbocycles. The van der Waals surface area contributed by atoms with Gasteiger partial charge in [0.05, 0.1) is 18.4 Å². The molecule has 1 aromatic rings. The first kappa shape index (κ1) is 16.8. The number of hydrogen-bond acceptors (Lipinski definition) is 5. The molecular formula is C17H20BN5O2. The largest absolute Gasteiger partial charge is 0.498 e. The van der Waals surface area contributed by atoms with Gasteiger partial charge in [0.2, 0.25) is 5.96 Å². The summed E-state index contributed by atoms with van der Waals surface area (Å²) in [5, 5.41) is 14.0. The van der Waals surface area contributed by atoms with Crippen LogP contribution in [-0.4, -0.2) is 43.6 Å². The summed E-state index contributed by atoms with van der Waals surface area (Å²) in [7, 11) is 2.04. The molecule has 0 bridgehead atoms. The average molecular weight is 337 g/mol. The zero-order valence-electron chi connectivity index (χ0n) is 14.5. The molecule has 2 aliphatic heterocycles. The van der Waals surface area contributed by atoms with Gasteiger partial charge in [-0.2, -0.15) is 4.99 Å². The van der Waals surface area contributed by atoms with Gasteiger partial charge in [0.15, 0.2) is 5.84 Å². The topological polar surface area (TPSA) is 89.8 Å². The van der Waals surface area contributed by atoms with Crippen molar-refractivity contribution in [2.75, 3.05) is 18.5 Å². The minimum atomic E-state index is -0.357. The fourth-order valence-electron chi connectivity index (χ4n) is 2.88. The summed E-state index contributed by atoms with van der Waals surface area (Å²) >= 11 is 0. The predicted octanol–water partition coefficient (Wildman–Crippen LogP) is 0.124. The number of ether oxygens (including phenoxy) is 1. The molecule has 0 aromatic heterocycles. The zero-order valence-corrected chi connectivity index (χ0v) is 14.5. The van der Waals surface area contributed by atoms with Crippen LogP contribution in [0.4, 0.5) is 5.69 Å². The smallest absolute Gasteiger partial charge is 0.263 e. The van der Waals surface area contributed by atoms with E-state index in [1.165, 1.54) is 17.9 Å². The van der Waals surface area contributed by atoms with Crippen LogP contribution < -0.4 is 16.1 Å². The summed E-state index contributed by atoms with van der Waals surface area (Å²) in [4.78, 5) is 18.3. The number of guanidine groups is 1. The maximum absolute atomic E-state index is 12.4. The van der Waals surface area contributed by atoms with Crippen LogP contribution in [-0.2, 0) is 9.53 Å². The summed E-state index contributed by atoms with van der Waals surface area (Å²) in [6.45, 7) is 5.10. The van der Waals surface area contributed by atoms with Crippen LogP contribution in [0.3, 0.4) is 0 Å². The van der Waals surface area contributed by atoms with E-state index in [9.17, 15) is 4.79 Å². The SMILES string of the molecule is Bc1cc(C)c(N/C=C2\C(=N)N=C(N3C=COCC3)NC2=O)c(C)c1. The second-order valence-electron chi connectivity index (χ2n) is 6.06. The van der Waals surface area contributed by atoms with E-state index in [2.05, 4.69) is 27.8 Å². The highest BCUT2D eigenvalue weighted by Gasteiger charge is 2.25. The zero-order chi connectivity index (χ0) is 18.0. The minimum Gasteiger partial charge on any atom is -0.498 e. The van der Waals surface area contributed by atoms with E-state index in [0.717, 1.165) is 16.8 Å². The molecule has 0 radical (unpaired) electrons. The predicted molar refractivity (Wildman–Crippen MR) is 101 cm³/mol. The van der Waals surface area contributed by atoms with E-state index in [0.29, 0.717) is 19.1 Å². The van der Waals surface area contributed by atoms with Crippen LogP contribution in [0.1, 0.15) is 11.1 Å². The number of amides is 1. The second-order valence-corrected chi connectivity index (χ2v) is 6.06. The minimum absolute atomic E-state index is 0.0754. The van der Waals surface area contributed by atoms with Gasteiger partial charge >= 0.3 is 0 Å². The number of hydrogen-bond donors (Lipinski definition) is 3. The lowest BCUT2D eigenvalue weighted by molar-refractivity contribution is -0.115. The molecule has 25 heavy (non-hydrogen) atoms. The number of rotatable bonds is 2. The number of benzene rings is 1. The average Bonchev–Trinajstić information content (AvgIpc) is 2.56. The molecule has 0 saturated heterocycles. The third-order valence-corrected chi connectivity index (χ3v) is 4.04. The third-order valence-electron chi connectivity index (χ3n) is 4.04. The summed E-state index contributed by atoms with van der Waals surface area (Å²) in [6.07, 6.45) is 4.76. The highest BCUT2D eigenvalue weighted by Crippen LogP contribution is 2.19. The third kappa shape index (κ3) is 3.57. The lowest BCUT2D eigenvalue weighted by Crippen LogP contribution is -2.48. The van der Waals surface area contributed by atoms with Crippen LogP contribution in [0.25, 0.3) is 0 Å². The summed E-state index contributed by atoms with van der Waals surface area (Å²) in [5.41, 5.74) is 4.48. The van der Waals surface area contributed by atoms with Crippen LogP contribution in [0.2, 0.25) is 0 Å². The maximum Gasteiger partial charge on any atom is 0.263 e. The number of nitrogens with one attached hydrogen (secondary N) is 3. The highest BCUT2D eigenvalue weighted by atomic mass is 16.5. The maximum atomic E-state index is 12.4. The van der Waals surface area contributed by atoms with Gasteiger partial charge in [-0.3, -0.25) is 15.5 Å². The van der Waals surface area contributed by atoms with Gasteiger partial charge in [-0.15, -0.1) is 0 Å². The first-order chi connectivity index (χ1) is 12.0. The van der Waals surface area contributed by atoms with Crippen molar-refractivity contribution in [3.63, 3.8) is 0 Å². The van der Waals surface area contributed by atoms with E-state index in [1.54, 1.807) is 11.1 Å². The van der Waals surface area contributed by atoms with Gasteiger partial charge in [-0.25, -0.2) is 0 Å². The van der Waals surface area contributed by atoms with Gasteiger partial charge in [0.25, 0.3) is 5.91 Å². The molecule has 7 nitrogen and oxygen atoms in total. The molecule has 0 fully saturated rings. The second kappa shape index (κ2) is 6.84. The summed E-state index contributed by atoms with van der Waals surface area (Å²) in [5.74, 6) is -0.0900. The Balaban J connectivity index is 1.82. The highest BCUT2D eigenvalue weighted by molar-refractivity contribution is 6.32. The molecular weight excluding hydrogens is 317 g/mol. The Morgan fingerprint density at radius 2 is 2.12 bits per heavy atom. The molecule has 0 unspecified atom stereocenters. The Kier molecular flexibility index (Phi) is 4.60. The fourth-order valence-corrected chi connectivity index (χ4v) is 2.88. The Hall–Kier alpha value is -3.03. The van der Waals surface area contributed by atoms with Crippen molar-refractivity contribution in [3.8, 4) is 0 Å². The fraction of sp³-hybridized carbons (Fsp3) is 0.235. The summed E-state index contributed by atoms with van der Waals surface area (Å²) in [6, 6.07) is 4.14. The quantitative estimate of drug-likeness (QED) is 0.528. The number of carbonyl (C=O) groups excluding carboxylic acids is 1. The first-order valence-electron chi connectivity index (χ1n) is 8.04. The Morgan fingerprint density at radius 3 is 2.72 bits per heavy atom. The van der Waals surface area contributed by atoms with E-state index >= 15 is 0 Å². The van der Waals surface area contributed by atoms with Crippen molar-refractivity contribution in [1.29, 1.82) is 5.41 Å². The van der Waals surface area contributed by atoms with Crippen molar-refractivity contribution in [3.05, 3.63) is 47.5 Å². The van der Waals surface area contributed by atoms with E-state index in [4.69, 9.17) is 10.1 Å². The molecule has 3 N–H and O–H groups in total. The van der Waals surface area contributed by atoms with Crippen molar-refractivity contribution in [1.82, 2.24) is 10.2 Å². The Bertz CT molecular complexity index is 805. The number of nitrogens with zero attached hydrogens (tertiary/aromatic N) is 2. The van der Waals surface area contributed by atoms with E-state index in [-0.39, 0.29) is 17.3 Å². The van der Waals surface area contributed by atoms with Crippen LogP contribution in [0.15, 0.2) is 41.4 Å². The molecule has 0 spiro atoms. The molecule has 128 valence electrons. The van der Waals surface area contributed by atoms with Crippen LogP contribution in [0.5, 0.6) is 0 Å². The van der Waals surface area contributed by atoms with Gasteiger partial charge < -0.3 is 15.0 Å². The molecule has 0 atom stereocenters. The number of aliphatic imine (C=N–C) groups is 1. The van der Waals surface area contributed by atoms with Crippen molar-refractivity contribution >= 4 is 36.7 Å². The lowest BCUT2D eigenvalue weighted by atomic mass is 9.91. The van der Waals surface area contributed by atoms with Crippen LogP contribution in [0, 0.1) is 19.3 Å². The molecule has 3 rings (SSSR count). The molecule has 2 aliphatic rings. The molecule has 2 heterocycles. The monoisotopic (exact) mass is 337 g/mol. The van der Waals surface area contributed by atoms with Gasteiger partial charge in [-0.1, -0.05) is 17.6 Å². The number of carbonyl (C=O) groups is 1.